The molecule has 23 heavy (non-hydrogen) atoms. The van der Waals surface area contributed by atoms with E-state index >= 15 is 0 Å². The van der Waals surface area contributed by atoms with Crippen molar-refractivity contribution in [3.05, 3.63) is 24.3 Å². The molecular formula is C16H25N3O3S. The first-order chi connectivity index (χ1) is 10.9. The quantitative estimate of drug-likeness (QED) is 0.708. The number of rotatable bonds is 7. The van der Waals surface area contributed by atoms with Crippen molar-refractivity contribution in [3.8, 4) is 0 Å². The number of hydrogen-bond donors (Lipinski definition) is 3. The Bertz CT molecular complexity index is 646. The number of anilines is 2. The van der Waals surface area contributed by atoms with Crippen molar-refractivity contribution in [2.24, 2.45) is 17.6 Å². The third-order valence-corrected chi connectivity index (χ3v) is 5.67. The van der Waals surface area contributed by atoms with Gasteiger partial charge in [0.2, 0.25) is 15.9 Å². The Morgan fingerprint density at radius 3 is 2.74 bits per heavy atom. The Hall–Kier alpha value is -1.60. The first-order valence-electron chi connectivity index (χ1n) is 8.06. The zero-order chi connectivity index (χ0) is 16.9. The van der Waals surface area contributed by atoms with Crippen LogP contribution in [0.5, 0.6) is 0 Å². The van der Waals surface area contributed by atoms with Gasteiger partial charge >= 0.3 is 0 Å². The van der Waals surface area contributed by atoms with Crippen LogP contribution in [0.2, 0.25) is 0 Å². The van der Waals surface area contributed by atoms with Crippen LogP contribution in [0, 0.1) is 11.8 Å². The SMILES string of the molecule is CCCS(=O)(=O)Nc1cccc(NC(=O)[C@@H]2CCC[C@@H]2CN)c1. The van der Waals surface area contributed by atoms with Gasteiger partial charge in [-0.3, -0.25) is 9.52 Å². The number of nitrogens with two attached hydrogens (primary N) is 1. The molecule has 1 fully saturated rings. The van der Waals surface area contributed by atoms with Crippen molar-refractivity contribution in [2.75, 3.05) is 22.3 Å². The van der Waals surface area contributed by atoms with Crippen LogP contribution in [0.15, 0.2) is 24.3 Å². The second-order valence-corrected chi connectivity index (χ2v) is 7.87. The minimum Gasteiger partial charge on any atom is -0.330 e. The van der Waals surface area contributed by atoms with Crippen LogP contribution in [0.4, 0.5) is 11.4 Å². The van der Waals surface area contributed by atoms with E-state index in [1.807, 2.05) is 6.92 Å². The molecule has 0 spiro atoms. The van der Waals surface area contributed by atoms with E-state index in [1.54, 1.807) is 24.3 Å². The van der Waals surface area contributed by atoms with Gasteiger partial charge < -0.3 is 11.1 Å². The van der Waals surface area contributed by atoms with Crippen LogP contribution in [0.3, 0.4) is 0 Å². The summed E-state index contributed by atoms with van der Waals surface area (Å²) in [7, 11) is -3.34. The summed E-state index contributed by atoms with van der Waals surface area (Å²) in [5.74, 6) is 0.220. The molecule has 0 aliphatic heterocycles. The summed E-state index contributed by atoms with van der Waals surface area (Å²) in [6.07, 6.45) is 3.42. The monoisotopic (exact) mass is 339 g/mol. The maximum atomic E-state index is 12.4. The highest BCUT2D eigenvalue weighted by molar-refractivity contribution is 7.92. The van der Waals surface area contributed by atoms with Crippen molar-refractivity contribution >= 4 is 27.3 Å². The standard InChI is InChI=1S/C16H25N3O3S/c1-2-9-23(21,22)19-14-7-4-6-13(10-14)18-16(20)15-8-3-5-12(15)11-17/h4,6-7,10,12,15,19H,2-3,5,8-9,11,17H2,1H3,(H,18,20)/t12-,15-/m1/s1. The maximum Gasteiger partial charge on any atom is 0.232 e. The number of carbonyl (C=O) groups excluding carboxylic acids is 1. The van der Waals surface area contributed by atoms with Gasteiger partial charge in [0.25, 0.3) is 0 Å². The number of nitrogens with one attached hydrogen (secondary N) is 2. The number of benzene rings is 1. The zero-order valence-corrected chi connectivity index (χ0v) is 14.2. The average molecular weight is 339 g/mol. The second-order valence-electron chi connectivity index (χ2n) is 6.02. The average Bonchev–Trinajstić information content (AvgIpc) is 2.95. The molecule has 7 heteroatoms. The third kappa shape index (κ3) is 4.94. The number of amides is 1. The van der Waals surface area contributed by atoms with Gasteiger partial charge in [0.1, 0.15) is 0 Å². The molecule has 128 valence electrons. The Balaban J connectivity index is 2.04. The van der Waals surface area contributed by atoms with Crippen LogP contribution in [0.25, 0.3) is 0 Å². The molecule has 0 radical (unpaired) electrons. The van der Waals surface area contributed by atoms with E-state index in [1.165, 1.54) is 0 Å². The van der Waals surface area contributed by atoms with Gasteiger partial charge in [-0.25, -0.2) is 8.42 Å². The summed E-state index contributed by atoms with van der Waals surface area (Å²) >= 11 is 0. The Morgan fingerprint density at radius 1 is 1.30 bits per heavy atom. The van der Waals surface area contributed by atoms with Gasteiger partial charge in [-0.05, 0) is 49.9 Å². The molecule has 1 aliphatic rings. The van der Waals surface area contributed by atoms with E-state index in [2.05, 4.69) is 10.0 Å². The van der Waals surface area contributed by atoms with E-state index in [-0.39, 0.29) is 23.5 Å². The highest BCUT2D eigenvalue weighted by Crippen LogP contribution is 2.32. The molecule has 0 heterocycles. The van der Waals surface area contributed by atoms with Crippen molar-refractivity contribution < 1.29 is 13.2 Å². The van der Waals surface area contributed by atoms with Crippen LogP contribution in [-0.2, 0) is 14.8 Å². The minimum atomic E-state index is -3.34. The highest BCUT2D eigenvalue weighted by Gasteiger charge is 2.31. The van der Waals surface area contributed by atoms with Gasteiger partial charge in [0.05, 0.1) is 11.4 Å². The Kier molecular flexibility index (Phi) is 6.01. The molecule has 4 N–H and O–H groups in total. The maximum absolute atomic E-state index is 12.4. The van der Waals surface area contributed by atoms with E-state index in [0.29, 0.717) is 24.3 Å². The molecule has 6 nitrogen and oxygen atoms in total. The predicted molar refractivity (Wildman–Crippen MR) is 92.7 cm³/mol. The van der Waals surface area contributed by atoms with Gasteiger partial charge in [-0.2, -0.15) is 0 Å². The topological polar surface area (TPSA) is 101 Å². The molecule has 1 aromatic carbocycles. The number of sulfonamides is 1. The summed E-state index contributed by atoms with van der Waals surface area (Å²) < 4.78 is 26.1. The minimum absolute atomic E-state index is 0.0356. The molecular weight excluding hydrogens is 314 g/mol. The summed E-state index contributed by atoms with van der Waals surface area (Å²) in [5.41, 5.74) is 6.77. The number of hydrogen-bond acceptors (Lipinski definition) is 4. The van der Waals surface area contributed by atoms with Gasteiger partial charge in [0.15, 0.2) is 0 Å². The fraction of sp³-hybridized carbons (Fsp3) is 0.562. The summed E-state index contributed by atoms with van der Waals surface area (Å²) in [6.45, 7) is 2.33. The molecule has 2 rings (SSSR count). The van der Waals surface area contributed by atoms with Crippen LogP contribution in [-0.4, -0.2) is 26.6 Å². The first-order valence-corrected chi connectivity index (χ1v) is 9.72. The smallest absolute Gasteiger partial charge is 0.232 e. The third-order valence-electron chi connectivity index (χ3n) is 4.17. The van der Waals surface area contributed by atoms with E-state index in [4.69, 9.17) is 5.73 Å². The molecule has 1 saturated carbocycles. The van der Waals surface area contributed by atoms with Gasteiger partial charge in [-0.15, -0.1) is 0 Å². The summed E-state index contributed by atoms with van der Waals surface area (Å²) in [6, 6.07) is 6.77. The second kappa shape index (κ2) is 7.79. The lowest BCUT2D eigenvalue weighted by Gasteiger charge is -2.17. The molecule has 0 saturated heterocycles. The van der Waals surface area contributed by atoms with Crippen molar-refractivity contribution in [3.63, 3.8) is 0 Å². The highest BCUT2D eigenvalue weighted by atomic mass is 32.2. The molecule has 2 atom stereocenters. The lowest BCUT2D eigenvalue weighted by Crippen LogP contribution is -2.29. The molecule has 1 aliphatic carbocycles. The lowest BCUT2D eigenvalue weighted by molar-refractivity contribution is -0.120. The van der Waals surface area contributed by atoms with Crippen molar-refractivity contribution in [2.45, 2.75) is 32.6 Å². The molecule has 1 aromatic rings. The van der Waals surface area contributed by atoms with Crippen LogP contribution < -0.4 is 15.8 Å². The summed E-state index contributed by atoms with van der Waals surface area (Å²) in [5, 5.41) is 2.88. The van der Waals surface area contributed by atoms with E-state index in [0.717, 1.165) is 19.3 Å². The zero-order valence-electron chi connectivity index (χ0n) is 13.4. The summed E-state index contributed by atoms with van der Waals surface area (Å²) in [4.78, 5) is 12.4. The molecule has 1 amide bonds. The predicted octanol–water partition coefficient (Wildman–Crippen LogP) is 2.15. The first kappa shape index (κ1) is 17.7. The molecule has 0 bridgehead atoms. The fourth-order valence-electron chi connectivity index (χ4n) is 3.06. The van der Waals surface area contributed by atoms with Gasteiger partial charge in [-0.1, -0.05) is 19.4 Å². The van der Waals surface area contributed by atoms with Crippen LogP contribution in [0.1, 0.15) is 32.6 Å². The van der Waals surface area contributed by atoms with Crippen molar-refractivity contribution in [1.82, 2.24) is 0 Å². The molecule has 0 aromatic heterocycles. The molecule has 0 unspecified atom stereocenters. The van der Waals surface area contributed by atoms with E-state index in [9.17, 15) is 13.2 Å². The lowest BCUT2D eigenvalue weighted by atomic mass is 9.95. The van der Waals surface area contributed by atoms with Crippen LogP contribution >= 0.6 is 0 Å². The van der Waals surface area contributed by atoms with Crippen molar-refractivity contribution in [1.29, 1.82) is 0 Å². The Morgan fingerprint density at radius 2 is 2.04 bits per heavy atom. The normalized spacial score (nSPS) is 21.1. The fourth-order valence-corrected chi connectivity index (χ4v) is 4.18. The largest absolute Gasteiger partial charge is 0.330 e. The number of carbonyl (C=O) groups is 1. The van der Waals surface area contributed by atoms with Gasteiger partial charge in [0, 0.05) is 11.6 Å². The Labute approximate surface area is 137 Å². The van der Waals surface area contributed by atoms with E-state index < -0.39 is 10.0 Å².